The van der Waals surface area contributed by atoms with Crippen LogP contribution in [0.5, 0.6) is 0 Å². The van der Waals surface area contributed by atoms with Gasteiger partial charge in [-0.3, -0.25) is 4.98 Å². The van der Waals surface area contributed by atoms with Crippen LogP contribution in [0.15, 0.2) is 6.20 Å². The Morgan fingerprint density at radius 3 is 3.00 bits per heavy atom. The quantitative estimate of drug-likeness (QED) is 0.762. The molecule has 1 aliphatic carbocycles. The zero-order chi connectivity index (χ0) is 10.3. The largest absolute Gasteiger partial charge is 0.351 e. The molecule has 2 N–H and O–H groups in total. The average molecular weight is 204 g/mol. The van der Waals surface area contributed by atoms with Crippen LogP contribution in [0.25, 0.3) is 0 Å². The Kier molecular flexibility index (Phi) is 2.09. The van der Waals surface area contributed by atoms with Crippen LogP contribution in [-0.4, -0.2) is 29.1 Å². The summed E-state index contributed by atoms with van der Waals surface area (Å²) >= 11 is 0. The van der Waals surface area contributed by atoms with Crippen molar-refractivity contribution in [2.75, 3.05) is 18.0 Å². The van der Waals surface area contributed by atoms with E-state index in [1.807, 2.05) is 6.20 Å². The van der Waals surface area contributed by atoms with Crippen LogP contribution in [0.2, 0.25) is 0 Å². The predicted octanol–water partition coefficient (Wildman–Crippen LogP) is 0.503. The molecule has 3 rings (SSSR count). The second kappa shape index (κ2) is 3.45. The highest BCUT2D eigenvalue weighted by Gasteiger charge is 2.28. The summed E-state index contributed by atoms with van der Waals surface area (Å²) in [6.07, 6.45) is 6.50. The molecule has 0 bridgehead atoms. The van der Waals surface area contributed by atoms with Gasteiger partial charge in [-0.05, 0) is 25.7 Å². The lowest BCUT2D eigenvalue weighted by atomic mass is 10.0. The molecular weight excluding hydrogens is 188 g/mol. The summed E-state index contributed by atoms with van der Waals surface area (Å²) in [4.78, 5) is 11.4. The van der Waals surface area contributed by atoms with Gasteiger partial charge < -0.3 is 10.6 Å². The minimum Gasteiger partial charge on any atom is -0.351 e. The Bertz CT molecular complexity index is 375. The predicted molar refractivity (Wildman–Crippen MR) is 58.9 cm³/mol. The number of rotatable bonds is 2. The summed E-state index contributed by atoms with van der Waals surface area (Å²) in [5.74, 6) is 1.03. The van der Waals surface area contributed by atoms with Crippen molar-refractivity contribution in [1.82, 2.24) is 9.97 Å². The first-order valence-corrected chi connectivity index (χ1v) is 5.70. The monoisotopic (exact) mass is 204 g/mol. The van der Waals surface area contributed by atoms with E-state index < -0.39 is 0 Å². The molecule has 4 heteroatoms. The van der Waals surface area contributed by atoms with E-state index in [2.05, 4.69) is 14.9 Å². The third-order valence-corrected chi connectivity index (χ3v) is 3.46. The van der Waals surface area contributed by atoms with Crippen LogP contribution in [0.1, 0.15) is 24.2 Å². The Hall–Kier alpha value is -1.16. The standard InChI is InChI=1S/C11H16N4/c12-6-8-4-5-15(8)11-7-13-9-2-1-3-10(9)14-11/h7-8H,1-6,12H2. The molecular formula is C11H16N4. The third kappa shape index (κ3) is 1.40. The summed E-state index contributed by atoms with van der Waals surface area (Å²) in [6.45, 7) is 1.80. The fraction of sp³-hybridized carbons (Fsp3) is 0.636. The molecule has 1 saturated heterocycles. The van der Waals surface area contributed by atoms with Crippen molar-refractivity contribution in [3.63, 3.8) is 0 Å². The molecule has 2 aliphatic rings. The molecule has 0 spiro atoms. The lowest BCUT2D eigenvalue weighted by Crippen LogP contribution is -2.52. The topological polar surface area (TPSA) is 55.0 Å². The summed E-state index contributed by atoms with van der Waals surface area (Å²) in [6, 6.07) is 0.485. The molecule has 4 nitrogen and oxygen atoms in total. The van der Waals surface area contributed by atoms with Crippen LogP contribution in [0.4, 0.5) is 5.82 Å². The van der Waals surface area contributed by atoms with Gasteiger partial charge in [0.1, 0.15) is 5.82 Å². The second-order valence-electron chi connectivity index (χ2n) is 4.35. The van der Waals surface area contributed by atoms with Crippen LogP contribution in [0, 0.1) is 0 Å². The first-order valence-electron chi connectivity index (χ1n) is 5.70. The molecule has 1 atom stereocenters. The summed E-state index contributed by atoms with van der Waals surface area (Å²) in [5, 5.41) is 0. The fourth-order valence-electron chi connectivity index (χ4n) is 2.40. The van der Waals surface area contributed by atoms with Crippen LogP contribution >= 0.6 is 0 Å². The van der Waals surface area contributed by atoms with Gasteiger partial charge in [0.2, 0.25) is 0 Å². The number of hydrogen-bond donors (Lipinski definition) is 1. The maximum absolute atomic E-state index is 5.68. The Balaban J connectivity index is 1.87. The average Bonchev–Trinajstić information content (AvgIpc) is 2.64. The Morgan fingerprint density at radius 1 is 1.40 bits per heavy atom. The van der Waals surface area contributed by atoms with Crippen molar-refractivity contribution in [2.45, 2.75) is 31.7 Å². The van der Waals surface area contributed by atoms with E-state index in [9.17, 15) is 0 Å². The molecule has 1 unspecified atom stereocenters. The van der Waals surface area contributed by atoms with E-state index in [-0.39, 0.29) is 0 Å². The van der Waals surface area contributed by atoms with Crippen LogP contribution < -0.4 is 10.6 Å². The molecule has 1 aromatic rings. The summed E-state index contributed by atoms with van der Waals surface area (Å²) < 4.78 is 0. The highest BCUT2D eigenvalue weighted by molar-refractivity contribution is 5.43. The molecule has 80 valence electrons. The van der Waals surface area contributed by atoms with E-state index >= 15 is 0 Å². The molecule has 1 aromatic heterocycles. The number of anilines is 1. The van der Waals surface area contributed by atoms with Crippen LogP contribution in [0.3, 0.4) is 0 Å². The smallest absolute Gasteiger partial charge is 0.147 e. The van der Waals surface area contributed by atoms with Crippen molar-refractivity contribution in [3.05, 3.63) is 17.6 Å². The van der Waals surface area contributed by atoms with E-state index in [0.29, 0.717) is 6.04 Å². The number of aromatic nitrogens is 2. The minimum absolute atomic E-state index is 0.485. The molecule has 1 aliphatic heterocycles. The van der Waals surface area contributed by atoms with Gasteiger partial charge >= 0.3 is 0 Å². The molecule has 1 fully saturated rings. The molecule has 0 aromatic carbocycles. The first kappa shape index (κ1) is 9.09. The SMILES string of the molecule is NCC1CCN1c1cnc2c(n1)CCC2. The normalized spacial score (nSPS) is 23.8. The summed E-state index contributed by atoms with van der Waals surface area (Å²) in [5.41, 5.74) is 8.09. The second-order valence-corrected chi connectivity index (χ2v) is 4.35. The van der Waals surface area contributed by atoms with Gasteiger partial charge in [0.25, 0.3) is 0 Å². The van der Waals surface area contributed by atoms with Gasteiger partial charge in [-0.25, -0.2) is 4.98 Å². The van der Waals surface area contributed by atoms with Crippen molar-refractivity contribution in [2.24, 2.45) is 5.73 Å². The summed E-state index contributed by atoms with van der Waals surface area (Å²) in [7, 11) is 0. The molecule has 0 radical (unpaired) electrons. The van der Waals surface area contributed by atoms with Gasteiger partial charge in [0.05, 0.1) is 17.6 Å². The lowest BCUT2D eigenvalue weighted by Gasteiger charge is -2.41. The lowest BCUT2D eigenvalue weighted by molar-refractivity contribution is 0.451. The number of nitrogens with zero attached hydrogens (tertiary/aromatic N) is 3. The minimum atomic E-state index is 0.485. The highest BCUT2D eigenvalue weighted by atomic mass is 15.3. The number of nitrogens with two attached hydrogens (primary N) is 1. The van der Waals surface area contributed by atoms with Crippen LogP contribution in [-0.2, 0) is 12.8 Å². The highest BCUT2D eigenvalue weighted by Crippen LogP contribution is 2.26. The van der Waals surface area contributed by atoms with Gasteiger partial charge in [-0.15, -0.1) is 0 Å². The van der Waals surface area contributed by atoms with E-state index in [4.69, 9.17) is 5.73 Å². The molecule has 0 saturated carbocycles. The van der Waals surface area contributed by atoms with Crippen molar-refractivity contribution in [3.8, 4) is 0 Å². The van der Waals surface area contributed by atoms with Gasteiger partial charge in [-0.1, -0.05) is 0 Å². The van der Waals surface area contributed by atoms with E-state index in [1.165, 1.54) is 24.2 Å². The maximum Gasteiger partial charge on any atom is 0.147 e. The zero-order valence-electron chi connectivity index (χ0n) is 8.82. The number of aryl methyl sites for hydroxylation is 2. The van der Waals surface area contributed by atoms with Crippen molar-refractivity contribution < 1.29 is 0 Å². The van der Waals surface area contributed by atoms with E-state index in [1.54, 1.807) is 0 Å². The Labute approximate surface area is 89.5 Å². The first-order chi connectivity index (χ1) is 7.38. The van der Waals surface area contributed by atoms with Gasteiger partial charge in [0.15, 0.2) is 0 Å². The third-order valence-electron chi connectivity index (χ3n) is 3.46. The molecule has 2 heterocycles. The fourth-order valence-corrected chi connectivity index (χ4v) is 2.40. The van der Waals surface area contributed by atoms with Gasteiger partial charge in [-0.2, -0.15) is 0 Å². The van der Waals surface area contributed by atoms with Gasteiger partial charge in [0, 0.05) is 19.1 Å². The zero-order valence-corrected chi connectivity index (χ0v) is 8.82. The maximum atomic E-state index is 5.68. The molecule has 0 amide bonds. The van der Waals surface area contributed by atoms with Crippen molar-refractivity contribution in [1.29, 1.82) is 0 Å². The molecule has 15 heavy (non-hydrogen) atoms. The van der Waals surface area contributed by atoms with E-state index in [0.717, 1.165) is 31.7 Å². The number of hydrogen-bond acceptors (Lipinski definition) is 4. The Morgan fingerprint density at radius 2 is 2.27 bits per heavy atom. The van der Waals surface area contributed by atoms with Crippen molar-refractivity contribution >= 4 is 5.82 Å². The number of fused-ring (bicyclic) bond motifs is 1.